The van der Waals surface area contributed by atoms with E-state index in [9.17, 15) is 22.0 Å². The highest BCUT2D eigenvalue weighted by molar-refractivity contribution is 9.10. The van der Waals surface area contributed by atoms with Gasteiger partial charge in [-0.25, -0.2) is 0 Å². The number of alkyl halides is 5. The summed E-state index contributed by atoms with van der Waals surface area (Å²) in [6.07, 6.45) is -8.10. The molecule has 0 spiro atoms. The molecule has 0 heterocycles. The minimum Gasteiger partial charge on any atom is -0.429 e. The smallest absolute Gasteiger partial charge is 0.427 e. The van der Waals surface area contributed by atoms with Gasteiger partial charge >= 0.3 is 12.3 Å². The van der Waals surface area contributed by atoms with Crippen LogP contribution in [-0.2, 0) is 12.3 Å². The topological polar surface area (TPSA) is 9.23 Å². The molecule has 3 aromatic carbocycles. The fraction of sp³-hybridized carbons (Fsp3) is 0.100. The Morgan fingerprint density at radius 3 is 1.89 bits per heavy atom. The fourth-order valence-corrected chi connectivity index (χ4v) is 2.95. The van der Waals surface area contributed by atoms with E-state index in [4.69, 9.17) is 4.74 Å². The van der Waals surface area contributed by atoms with Gasteiger partial charge in [0.15, 0.2) is 0 Å². The third-order valence-electron chi connectivity index (χ3n) is 3.81. The van der Waals surface area contributed by atoms with E-state index in [-0.39, 0.29) is 10.2 Å². The first kappa shape index (κ1) is 19.4. The van der Waals surface area contributed by atoms with E-state index < -0.39 is 23.4 Å². The van der Waals surface area contributed by atoms with Crippen molar-refractivity contribution in [2.45, 2.75) is 12.3 Å². The van der Waals surface area contributed by atoms with Crippen LogP contribution in [0, 0.1) is 0 Å². The lowest BCUT2D eigenvalue weighted by atomic mass is 10.0. The molecule has 0 aliphatic heterocycles. The van der Waals surface area contributed by atoms with Crippen molar-refractivity contribution in [3.8, 4) is 16.9 Å². The molecule has 0 aromatic heterocycles. The lowest BCUT2D eigenvalue weighted by Gasteiger charge is -2.20. The standard InChI is InChI=1S/C20H12BrF5O/c21-18-11-8-14(13-6-9-15(10-7-13)19(22,23)24)12-17(18)20(25,26)27-16-4-2-1-3-5-16/h1-12H. The summed E-state index contributed by atoms with van der Waals surface area (Å²) < 4.78 is 72.2. The first-order chi connectivity index (χ1) is 12.7. The molecule has 0 atom stereocenters. The van der Waals surface area contributed by atoms with E-state index in [2.05, 4.69) is 15.9 Å². The van der Waals surface area contributed by atoms with Crippen molar-refractivity contribution < 1.29 is 26.7 Å². The summed E-state index contributed by atoms with van der Waals surface area (Å²) in [6.45, 7) is 0. The van der Waals surface area contributed by atoms with Gasteiger partial charge in [-0.3, -0.25) is 0 Å². The van der Waals surface area contributed by atoms with E-state index in [0.29, 0.717) is 11.1 Å². The maximum atomic E-state index is 14.6. The monoisotopic (exact) mass is 442 g/mol. The van der Waals surface area contributed by atoms with Crippen molar-refractivity contribution in [2.75, 3.05) is 0 Å². The highest BCUT2D eigenvalue weighted by Crippen LogP contribution is 2.38. The number of hydrogen-bond acceptors (Lipinski definition) is 1. The van der Waals surface area contributed by atoms with Gasteiger partial charge in [0, 0.05) is 4.47 Å². The highest BCUT2D eigenvalue weighted by atomic mass is 79.9. The second kappa shape index (κ2) is 7.31. The van der Waals surface area contributed by atoms with Crippen molar-refractivity contribution in [2.24, 2.45) is 0 Å². The molecule has 0 saturated heterocycles. The molecule has 27 heavy (non-hydrogen) atoms. The van der Waals surface area contributed by atoms with Crippen LogP contribution in [0.2, 0.25) is 0 Å². The number of halogens is 6. The molecule has 0 amide bonds. The third-order valence-corrected chi connectivity index (χ3v) is 4.51. The second-order valence-electron chi connectivity index (χ2n) is 5.70. The Hall–Kier alpha value is -2.41. The van der Waals surface area contributed by atoms with Crippen LogP contribution in [0.1, 0.15) is 11.1 Å². The maximum absolute atomic E-state index is 14.6. The lowest BCUT2D eigenvalue weighted by molar-refractivity contribution is -0.186. The minimum atomic E-state index is -4.46. The zero-order valence-electron chi connectivity index (χ0n) is 13.6. The molecule has 0 saturated carbocycles. The van der Waals surface area contributed by atoms with Gasteiger partial charge in [0.1, 0.15) is 5.75 Å². The lowest BCUT2D eigenvalue weighted by Crippen LogP contribution is -2.22. The van der Waals surface area contributed by atoms with Crippen LogP contribution >= 0.6 is 15.9 Å². The summed E-state index contributed by atoms with van der Waals surface area (Å²) in [7, 11) is 0. The number of benzene rings is 3. The number of para-hydroxylation sites is 1. The predicted molar refractivity (Wildman–Crippen MR) is 95.5 cm³/mol. The van der Waals surface area contributed by atoms with Gasteiger partial charge in [-0.2, -0.15) is 22.0 Å². The molecule has 3 aromatic rings. The van der Waals surface area contributed by atoms with Gasteiger partial charge in [0.25, 0.3) is 0 Å². The van der Waals surface area contributed by atoms with E-state index in [0.717, 1.165) is 12.1 Å². The Kier molecular flexibility index (Phi) is 5.24. The minimum absolute atomic E-state index is 0.00525. The van der Waals surface area contributed by atoms with E-state index in [1.807, 2.05) is 0 Å². The average molecular weight is 443 g/mol. The summed E-state index contributed by atoms with van der Waals surface area (Å²) in [5, 5.41) is 0. The molecule has 0 bridgehead atoms. The van der Waals surface area contributed by atoms with E-state index in [1.165, 1.54) is 42.5 Å². The molecule has 1 nitrogen and oxygen atoms in total. The van der Waals surface area contributed by atoms with Crippen molar-refractivity contribution in [3.63, 3.8) is 0 Å². The molecule has 140 valence electrons. The predicted octanol–water partition coefficient (Wildman–Crippen LogP) is 7.26. The van der Waals surface area contributed by atoms with Crippen LogP contribution in [0.5, 0.6) is 5.75 Å². The van der Waals surface area contributed by atoms with Crippen molar-refractivity contribution in [1.29, 1.82) is 0 Å². The molecule has 3 rings (SSSR count). The van der Waals surface area contributed by atoms with Crippen LogP contribution in [0.25, 0.3) is 11.1 Å². The molecule has 7 heteroatoms. The van der Waals surface area contributed by atoms with Crippen molar-refractivity contribution in [1.82, 2.24) is 0 Å². The Morgan fingerprint density at radius 1 is 0.704 bits per heavy atom. The van der Waals surface area contributed by atoms with Crippen molar-refractivity contribution in [3.05, 3.63) is 88.4 Å². The van der Waals surface area contributed by atoms with Gasteiger partial charge in [-0.15, -0.1) is 0 Å². The molecule has 0 radical (unpaired) electrons. The third kappa shape index (κ3) is 4.47. The van der Waals surface area contributed by atoms with Gasteiger partial charge < -0.3 is 4.74 Å². The van der Waals surface area contributed by atoms with Gasteiger partial charge in [0.2, 0.25) is 0 Å². The quantitative estimate of drug-likeness (QED) is 0.386. The summed E-state index contributed by atoms with van der Waals surface area (Å²) in [5.41, 5.74) is -0.504. The van der Waals surface area contributed by atoms with Crippen LogP contribution in [0.3, 0.4) is 0 Å². The number of ether oxygens (including phenoxy) is 1. The van der Waals surface area contributed by atoms with Crippen LogP contribution in [0.4, 0.5) is 22.0 Å². The van der Waals surface area contributed by atoms with Crippen LogP contribution in [-0.4, -0.2) is 0 Å². The molecule has 0 aliphatic carbocycles. The van der Waals surface area contributed by atoms with Crippen LogP contribution in [0.15, 0.2) is 77.3 Å². The van der Waals surface area contributed by atoms with Gasteiger partial charge in [0.05, 0.1) is 11.1 Å². The molecule has 0 N–H and O–H groups in total. The summed E-state index contributed by atoms with van der Waals surface area (Å²) in [6, 6.07) is 16.1. The largest absolute Gasteiger partial charge is 0.429 e. The first-order valence-corrected chi connectivity index (χ1v) is 8.56. The second-order valence-corrected chi connectivity index (χ2v) is 6.56. The first-order valence-electron chi connectivity index (χ1n) is 7.76. The molecule has 0 unspecified atom stereocenters. The highest BCUT2D eigenvalue weighted by Gasteiger charge is 2.37. The average Bonchev–Trinajstić information content (AvgIpc) is 2.62. The van der Waals surface area contributed by atoms with Crippen molar-refractivity contribution >= 4 is 15.9 Å². The van der Waals surface area contributed by atoms with Crippen LogP contribution < -0.4 is 4.74 Å². The fourth-order valence-electron chi connectivity index (χ4n) is 2.47. The Bertz CT molecular complexity index is 921. The Balaban J connectivity index is 1.94. The molecule has 0 fully saturated rings. The summed E-state index contributed by atoms with van der Waals surface area (Å²) in [5.74, 6) is -0.00525. The Labute approximate surface area is 160 Å². The van der Waals surface area contributed by atoms with E-state index in [1.54, 1.807) is 18.2 Å². The van der Waals surface area contributed by atoms with E-state index >= 15 is 0 Å². The number of hydrogen-bond donors (Lipinski definition) is 0. The molecular weight excluding hydrogens is 431 g/mol. The normalized spacial score (nSPS) is 12.1. The van der Waals surface area contributed by atoms with Gasteiger partial charge in [-0.05, 0) is 47.5 Å². The van der Waals surface area contributed by atoms with Gasteiger partial charge in [-0.1, -0.05) is 52.3 Å². The SMILES string of the molecule is FC(F)(F)c1ccc(-c2ccc(Br)c(C(F)(F)Oc3ccccc3)c2)cc1. The zero-order valence-corrected chi connectivity index (χ0v) is 15.2. The zero-order chi connectivity index (χ0) is 19.7. The summed E-state index contributed by atoms with van der Waals surface area (Å²) in [4.78, 5) is 0. The number of rotatable bonds is 4. The molecule has 0 aliphatic rings. The maximum Gasteiger partial charge on any atom is 0.427 e. The summed E-state index contributed by atoms with van der Waals surface area (Å²) >= 11 is 3.08. The Morgan fingerprint density at radius 2 is 1.30 bits per heavy atom. The molecular formula is C20H12BrF5O.